The van der Waals surface area contributed by atoms with E-state index in [1.54, 1.807) is 18.2 Å². The number of para-hydroxylation sites is 1. The first kappa shape index (κ1) is 13.8. The number of aliphatic hydroxyl groups is 2. The molecule has 2 atom stereocenters. The van der Waals surface area contributed by atoms with Crippen molar-refractivity contribution in [2.24, 2.45) is 0 Å². The van der Waals surface area contributed by atoms with Gasteiger partial charge in [0, 0.05) is 5.56 Å². The van der Waals surface area contributed by atoms with Crippen LogP contribution in [0.25, 0.3) is 0 Å². The average molecular weight is 250 g/mol. The minimum absolute atomic E-state index is 0.130. The standard InChI is InChI=1S/C11H13F3O3/c1-7(15)8-4-2-3-5-9(8)17-6-10(16)11(12,13)14/h2-5,7,10,15-16H,6H2,1H3. The zero-order valence-corrected chi connectivity index (χ0v) is 9.11. The topological polar surface area (TPSA) is 49.7 Å². The van der Waals surface area contributed by atoms with Gasteiger partial charge in [0.15, 0.2) is 6.10 Å². The van der Waals surface area contributed by atoms with Gasteiger partial charge in [0.1, 0.15) is 12.4 Å². The lowest BCUT2D eigenvalue weighted by atomic mass is 10.1. The lowest BCUT2D eigenvalue weighted by Crippen LogP contribution is -2.34. The summed E-state index contributed by atoms with van der Waals surface area (Å²) in [5.74, 6) is 0.130. The normalized spacial score (nSPS) is 15.4. The zero-order chi connectivity index (χ0) is 13.1. The van der Waals surface area contributed by atoms with Gasteiger partial charge < -0.3 is 14.9 Å². The second-order valence-electron chi connectivity index (χ2n) is 3.58. The molecule has 6 heteroatoms. The molecule has 0 aliphatic heterocycles. The number of ether oxygens (including phenoxy) is 1. The number of benzene rings is 1. The lowest BCUT2D eigenvalue weighted by Gasteiger charge is -2.17. The van der Waals surface area contributed by atoms with Crippen molar-refractivity contribution < 1.29 is 28.1 Å². The van der Waals surface area contributed by atoms with Gasteiger partial charge >= 0.3 is 6.18 Å². The van der Waals surface area contributed by atoms with Crippen molar-refractivity contribution in [3.63, 3.8) is 0 Å². The highest BCUT2D eigenvalue weighted by Gasteiger charge is 2.38. The van der Waals surface area contributed by atoms with Crippen molar-refractivity contribution in [3.8, 4) is 5.75 Å². The number of alkyl halides is 3. The summed E-state index contributed by atoms with van der Waals surface area (Å²) >= 11 is 0. The molecule has 0 amide bonds. The molecule has 0 saturated carbocycles. The van der Waals surface area contributed by atoms with Crippen LogP contribution in [0.2, 0.25) is 0 Å². The number of hydrogen-bond acceptors (Lipinski definition) is 3. The Kier molecular flexibility index (Phi) is 4.36. The summed E-state index contributed by atoms with van der Waals surface area (Å²) in [6, 6.07) is 6.18. The number of rotatable bonds is 4. The zero-order valence-electron chi connectivity index (χ0n) is 9.11. The first-order chi connectivity index (χ1) is 7.82. The molecule has 0 fully saturated rings. The van der Waals surface area contributed by atoms with Crippen LogP contribution in [0.15, 0.2) is 24.3 Å². The Bertz CT molecular complexity index is 363. The van der Waals surface area contributed by atoms with Crippen LogP contribution in [0.1, 0.15) is 18.6 Å². The summed E-state index contributed by atoms with van der Waals surface area (Å²) in [7, 11) is 0. The Balaban J connectivity index is 2.70. The van der Waals surface area contributed by atoms with Gasteiger partial charge in [0.2, 0.25) is 0 Å². The summed E-state index contributed by atoms with van der Waals surface area (Å²) < 4.78 is 41.0. The molecular formula is C11H13F3O3. The molecule has 0 aliphatic carbocycles. The molecule has 0 aliphatic rings. The third-order valence-electron chi connectivity index (χ3n) is 2.14. The second kappa shape index (κ2) is 5.37. The van der Waals surface area contributed by atoms with Crippen molar-refractivity contribution in [2.75, 3.05) is 6.61 Å². The van der Waals surface area contributed by atoms with Gasteiger partial charge in [-0.2, -0.15) is 13.2 Å². The molecule has 1 aromatic rings. The first-order valence-electron chi connectivity index (χ1n) is 4.97. The van der Waals surface area contributed by atoms with Gasteiger partial charge in [-0.15, -0.1) is 0 Å². The fourth-order valence-corrected chi connectivity index (χ4v) is 1.22. The van der Waals surface area contributed by atoms with Crippen LogP contribution in [0.5, 0.6) is 5.75 Å². The predicted molar refractivity (Wildman–Crippen MR) is 54.6 cm³/mol. The van der Waals surface area contributed by atoms with Crippen molar-refractivity contribution in [3.05, 3.63) is 29.8 Å². The molecule has 1 aromatic carbocycles. The van der Waals surface area contributed by atoms with E-state index in [9.17, 15) is 18.3 Å². The second-order valence-corrected chi connectivity index (χ2v) is 3.58. The SMILES string of the molecule is CC(O)c1ccccc1OCC(O)C(F)(F)F. The largest absolute Gasteiger partial charge is 0.490 e. The van der Waals surface area contributed by atoms with E-state index < -0.39 is 25.0 Å². The summed E-state index contributed by atoms with van der Waals surface area (Å²) in [6.45, 7) is 0.579. The van der Waals surface area contributed by atoms with Crippen LogP contribution < -0.4 is 4.74 Å². The molecule has 0 saturated heterocycles. The number of aliphatic hydroxyl groups excluding tert-OH is 2. The quantitative estimate of drug-likeness (QED) is 0.859. The highest BCUT2D eigenvalue weighted by atomic mass is 19.4. The van der Waals surface area contributed by atoms with Gasteiger partial charge in [-0.05, 0) is 13.0 Å². The Hall–Kier alpha value is -1.27. The molecule has 17 heavy (non-hydrogen) atoms. The number of hydrogen-bond donors (Lipinski definition) is 2. The van der Waals surface area contributed by atoms with Crippen molar-refractivity contribution in [1.29, 1.82) is 0 Å². The van der Waals surface area contributed by atoms with Gasteiger partial charge in [-0.3, -0.25) is 0 Å². The maximum atomic E-state index is 12.0. The van der Waals surface area contributed by atoms with Gasteiger partial charge in [-0.1, -0.05) is 18.2 Å². The fraction of sp³-hybridized carbons (Fsp3) is 0.455. The van der Waals surface area contributed by atoms with E-state index in [0.717, 1.165) is 0 Å². The van der Waals surface area contributed by atoms with E-state index in [1.807, 2.05) is 0 Å². The van der Waals surface area contributed by atoms with Crippen LogP contribution in [0, 0.1) is 0 Å². The first-order valence-corrected chi connectivity index (χ1v) is 4.97. The van der Waals surface area contributed by atoms with Crippen LogP contribution >= 0.6 is 0 Å². The molecule has 1 rings (SSSR count). The van der Waals surface area contributed by atoms with Gasteiger partial charge in [0.25, 0.3) is 0 Å². The van der Waals surface area contributed by atoms with Crippen molar-refractivity contribution in [1.82, 2.24) is 0 Å². The summed E-state index contributed by atoms with van der Waals surface area (Å²) in [5, 5.41) is 18.1. The maximum Gasteiger partial charge on any atom is 0.417 e. The molecule has 2 unspecified atom stereocenters. The predicted octanol–water partition coefficient (Wildman–Crippen LogP) is 2.04. The average Bonchev–Trinajstić information content (AvgIpc) is 2.24. The van der Waals surface area contributed by atoms with E-state index in [1.165, 1.54) is 13.0 Å². The van der Waals surface area contributed by atoms with E-state index >= 15 is 0 Å². The third kappa shape index (κ3) is 3.90. The minimum Gasteiger partial charge on any atom is -0.490 e. The summed E-state index contributed by atoms with van der Waals surface area (Å²) in [6.07, 6.45) is -8.10. The molecule has 0 spiro atoms. The Labute approximate surface area is 96.5 Å². The van der Waals surface area contributed by atoms with Crippen LogP contribution in [-0.2, 0) is 0 Å². The van der Waals surface area contributed by atoms with Crippen molar-refractivity contribution >= 4 is 0 Å². The molecule has 0 bridgehead atoms. The molecule has 0 aromatic heterocycles. The van der Waals surface area contributed by atoms with Crippen LogP contribution in [0.4, 0.5) is 13.2 Å². The van der Waals surface area contributed by atoms with Crippen LogP contribution in [0.3, 0.4) is 0 Å². The van der Waals surface area contributed by atoms with E-state index in [-0.39, 0.29) is 5.75 Å². The summed E-state index contributed by atoms with van der Waals surface area (Å²) in [5.41, 5.74) is 0.377. The Morgan fingerprint density at radius 2 is 1.82 bits per heavy atom. The summed E-state index contributed by atoms with van der Waals surface area (Å²) in [4.78, 5) is 0. The smallest absolute Gasteiger partial charge is 0.417 e. The Morgan fingerprint density at radius 1 is 1.24 bits per heavy atom. The fourth-order valence-electron chi connectivity index (χ4n) is 1.22. The highest BCUT2D eigenvalue weighted by molar-refractivity contribution is 5.34. The van der Waals surface area contributed by atoms with Gasteiger partial charge in [-0.25, -0.2) is 0 Å². The molecule has 2 N–H and O–H groups in total. The maximum absolute atomic E-state index is 12.0. The molecule has 0 heterocycles. The third-order valence-corrected chi connectivity index (χ3v) is 2.14. The van der Waals surface area contributed by atoms with E-state index in [2.05, 4.69) is 0 Å². The minimum atomic E-state index is -4.71. The lowest BCUT2D eigenvalue weighted by molar-refractivity contribution is -0.210. The molecule has 3 nitrogen and oxygen atoms in total. The number of halogens is 3. The molecular weight excluding hydrogens is 237 g/mol. The monoisotopic (exact) mass is 250 g/mol. The van der Waals surface area contributed by atoms with Crippen molar-refractivity contribution in [2.45, 2.75) is 25.3 Å². The van der Waals surface area contributed by atoms with E-state index in [0.29, 0.717) is 5.56 Å². The molecule has 96 valence electrons. The van der Waals surface area contributed by atoms with Gasteiger partial charge in [0.05, 0.1) is 6.10 Å². The highest BCUT2D eigenvalue weighted by Crippen LogP contribution is 2.26. The van der Waals surface area contributed by atoms with Crippen LogP contribution in [-0.4, -0.2) is 29.1 Å². The van der Waals surface area contributed by atoms with E-state index in [4.69, 9.17) is 9.84 Å². The Morgan fingerprint density at radius 3 is 2.35 bits per heavy atom. The molecule has 0 radical (unpaired) electrons.